The number of hydrogen-bond acceptors (Lipinski definition) is 1. The minimum atomic E-state index is 1.00. The molecule has 1 aromatic heterocycles. The Labute approximate surface area is 88.3 Å². The van der Waals surface area contributed by atoms with E-state index in [9.17, 15) is 0 Å². The molecular formula is C14H12O. The van der Waals surface area contributed by atoms with Gasteiger partial charge in [-0.15, -0.1) is 0 Å². The highest BCUT2D eigenvalue weighted by atomic mass is 16.3. The van der Waals surface area contributed by atoms with Crippen molar-refractivity contribution in [2.75, 3.05) is 0 Å². The van der Waals surface area contributed by atoms with E-state index >= 15 is 0 Å². The van der Waals surface area contributed by atoms with Gasteiger partial charge in [-0.1, -0.05) is 35.9 Å². The lowest BCUT2D eigenvalue weighted by Crippen LogP contribution is -1.76. The quantitative estimate of drug-likeness (QED) is 0.525. The first-order valence-electron chi connectivity index (χ1n) is 5.13. The Bertz CT molecular complexity index is 647. The number of fused-ring (bicyclic) bond motifs is 3. The van der Waals surface area contributed by atoms with Crippen LogP contribution in [0.5, 0.6) is 0 Å². The van der Waals surface area contributed by atoms with Gasteiger partial charge >= 0.3 is 0 Å². The summed E-state index contributed by atoms with van der Waals surface area (Å²) in [6.45, 7) is 4.18. The molecule has 15 heavy (non-hydrogen) atoms. The SMILES string of the molecule is Cc1ccc2c(ccc3c(C)coc32)c1. The van der Waals surface area contributed by atoms with Crippen molar-refractivity contribution in [3.05, 3.63) is 47.7 Å². The predicted molar refractivity (Wildman–Crippen MR) is 63.2 cm³/mol. The molecule has 0 saturated heterocycles. The first kappa shape index (κ1) is 8.54. The van der Waals surface area contributed by atoms with Crippen LogP contribution in [0.15, 0.2) is 41.0 Å². The monoisotopic (exact) mass is 196 g/mol. The molecule has 0 fully saturated rings. The Kier molecular flexibility index (Phi) is 1.63. The minimum absolute atomic E-state index is 1.00. The molecule has 0 N–H and O–H groups in total. The van der Waals surface area contributed by atoms with Crippen molar-refractivity contribution in [3.8, 4) is 0 Å². The highest BCUT2D eigenvalue weighted by Gasteiger charge is 2.05. The van der Waals surface area contributed by atoms with E-state index in [-0.39, 0.29) is 0 Å². The zero-order valence-corrected chi connectivity index (χ0v) is 8.87. The van der Waals surface area contributed by atoms with Crippen molar-refractivity contribution >= 4 is 21.7 Å². The van der Waals surface area contributed by atoms with Gasteiger partial charge in [0, 0.05) is 10.8 Å². The van der Waals surface area contributed by atoms with Crippen LogP contribution in [0.3, 0.4) is 0 Å². The van der Waals surface area contributed by atoms with Gasteiger partial charge in [-0.3, -0.25) is 0 Å². The predicted octanol–water partition coefficient (Wildman–Crippen LogP) is 4.20. The van der Waals surface area contributed by atoms with E-state index in [4.69, 9.17) is 4.42 Å². The fraction of sp³-hybridized carbons (Fsp3) is 0.143. The van der Waals surface area contributed by atoms with Crippen LogP contribution in [-0.4, -0.2) is 0 Å². The number of benzene rings is 2. The van der Waals surface area contributed by atoms with Crippen molar-refractivity contribution in [3.63, 3.8) is 0 Å². The molecule has 1 heterocycles. The van der Waals surface area contributed by atoms with Crippen LogP contribution >= 0.6 is 0 Å². The van der Waals surface area contributed by atoms with Gasteiger partial charge < -0.3 is 4.42 Å². The van der Waals surface area contributed by atoms with Crippen LogP contribution in [0.4, 0.5) is 0 Å². The van der Waals surface area contributed by atoms with Crippen molar-refractivity contribution < 1.29 is 4.42 Å². The maximum absolute atomic E-state index is 5.60. The van der Waals surface area contributed by atoms with Gasteiger partial charge in [0.15, 0.2) is 0 Å². The summed E-state index contributed by atoms with van der Waals surface area (Å²) < 4.78 is 5.60. The first-order valence-corrected chi connectivity index (χ1v) is 5.13. The largest absolute Gasteiger partial charge is 0.463 e. The molecule has 0 atom stereocenters. The highest BCUT2D eigenvalue weighted by Crippen LogP contribution is 2.29. The van der Waals surface area contributed by atoms with E-state index in [1.807, 2.05) is 6.26 Å². The van der Waals surface area contributed by atoms with Crippen molar-refractivity contribution in [2.24, 2.45) is 0 Å². The topological polar surface area (TPSA) is 13.1 Å². The third-order valence-corrected chi connectivity index (χ3v) is 2.90. The van der Waals surface area contributed by atoms with Gasteiger partial charge in [0.2, 0.25) is 0 Å². The number of furan rings is 1. The average Bonchev–Trinajstić information content (AvgIpc) is 2.60. The third-order valence-electron chi connectivity index (χ3n) is 2.90. The van der Waals surface area contributed by atoms with E-state index in [1.165, 1.54) is 27.3 Å². The second-order valence-electron chi connectivity index (χ2n) is 4.09. The van der Waals surface area contributed by atoms with Gasteiger partial charge in [0.25, 0.3) is 0 Å². The lowest BCUT2D eigenvalue weighted by atomic mass is 10.0. The molecule has 2 aromatic carbocycles. The highest BCUT2D eigenvalue weighted by molar-refractivity contribution is 6.05. The van der Waals surface area contributed by atoms with E-state index in [0.29, 0.717) is 0 Å². The molecule has 0 aliphatic heterocycles. The van der Waals surface area contributed by atoms with Gasteiger partial charge in [-0.2, -0.15) is 0 Å². The number of rotatable bonds is 0. The Hall–Kier alpha value is -1.76. The molecule has 0 aliphatic carbocycles. The van der Waals surface area contributed by atoms with E-state index in [2.05, 4.69) is 44.2 Å². The maximum Gasteiger partial charge on any atom is 0.141 e. The maximum atomic E-state index is 5.60. The van der Waals surface area contributed by atoms with Crippen LogP contribution in [0.2, 0.25) is 0 Å². The molecule has 3 rings (SSSR count). The molecule has 3 aromatic rings. The van der Waals surface area contributed by atoms with Gasteiger partial charge in [0.05, 0.1) is 6.26 Å². The Balaban J connectivity index is 2.55. The molecule has 0 amide bonds. The zero-order chi connectivity index (χ0) is 10.4. The summed E-state index contributed by atoms with van der Waals surface area (Å²) in [5.74, 6) is 0. The Morgan fingerprint density at radius 3 is 2.60 bits per heavy atom. The molecule has 0 radical (unpaired) electrons. The molecule has 0 spiro atoms. The molecular weight excluding hydrogens is 184 g/mol. The Morgan fingerprint density at radius 2 is 1.73 bits per heavy atom. The standard InChI is InChI=1S/C14H12O/c1-9-3-5-13-11(7-9)4-6-12-10(2)8-15-14(12)13/h3-8H,1-2H3. The fourth-order valence-electron chi connectivity index (χ4n) is 2.07. The van der Waals surface area contributed by atoms with Crippen LogP contribution in [-0.2, 0) is 0 Å². The summed E-state index contributed by atoms with van der Waals surface area (Å²) in [6.07, 6.45) is 1.82. The number of hydrogen-bond donors (Lipinski definition) is 0. The summed E-state index contributed by atoms with van der Waals surface area (Å²) in [5.41, 5.74) is 3.49. The second-order valence-corrected chi connectivity index (χ2v) is 4.09. The summed E-state index contributed by atoms with van der Waals surface area (Å²) in [4.78, 5) is 0. The van der Waals surface area contributed by atoms with Crippen molar-refractivity contribution in [2.45, 2.75) is 13.8 Å². The molecule has 0 aliphatic rings. The zero-order valence-electron chi connectivity index (χ0n) is 8.87. The lowest BCUT2D eigenvalue weighted by Gasteiger charge is -2.00. The molecule has 0 saturated carbocycles. The van der Waals surface area contributed by atoms with Crippen LogP contribution < -0.4 is 0 Å². The van der Waals surface area contributed by atoms with Gasteiger partial charge in [-0.05, 0) is 24.8 Å². The normalized spacial score (nSPS) is 11.3. The summed E-state index contributed by atoms with van der Waals surface area (Å²) in [7, 11) is 0. The summed E-state index contributed by atoms with van der Waals surface area (Å²) in [5, 5.41) is 3.66. The first-order chi connectivity index (χ1) is 7.25. The van der Waals surface area contributed by atoms with Crippen LogP contribution in [0.25, 0.3) is 21.7 Å². The summed E-state index contributed by atoms with van der Waals surface area (Å²) in [6, 6.07) is 10.7. The van der Waals surface area contributed by atoms with Gasteiger partial charge in [0.1, 0.15) is 5.58 Å². The fourth-order valence-corrected chi connectivity index (χ4v) is 2.07. The lowest BCUT2D eigenvalue weighted by molar-refractivity contribution is 0.616. The van der Waals surface area contributed by atoms with Crippen LogP contribution in [0, 0.1) is 13.8 Å². The molecule has 1 nitrogen and oxygen atoms in total. The Morgan fingerprint density at radius 1 is 0.933 bits per heavy atom. The average molecular weight is 196 g/mol. The van der Waals surface area contributed by atoms with E-state index in [1.54, 1.807) is 0 Å². The molecule has 74 valence electrons. The van der Waals surface area contributed by atoms with Crippen molar-refractivity contribution in [1.82, 2.24) is 0 Å². The van der Waals surface area contributed by atoms with Gasteiger partial charge in [-0.25, -0.2) is 0 Å². The minimum Gasteiger partial charge on any atom is -0.463 e. The summed E-state index contributed by atoms with van der Waals surface area (Å²) >= 11 is 0. The number of aryl methyl sites for hydroxylation is 2. The second kappa shape index (κ2) is 2.86. The smallest absolute Gasteiger partial charge is 0.141 e. The molecule has 0 bridgehead atoms. The molecule has 0 unspecified atom stereocenters. The van der Waals surface area contributed by atoms with E-state index in [0.717, 1.165) is 5.58 Å². The van der Waals surface area contributed by atoms with Crippen LogP contribution in [0.1, 0.15) is 11.1 Å². The third kappa shape index (κ3) is 1.16. The van der Waals surface area contributed by atoms with E-state index < -0.39 is 0 Å². The molecule has 1 heteroatoms. The van der Waals surface area contributed by atoms with Crippen molar-refractivity contribution in [1.29, 1.82) is 0 Å².